The van der Waals surface area contributed by atoms with Crippen LogP contribution in [-0.2, 0) is 4.74 Å². The first-order chi connectivity index (χ1) is 10.5. The normalized spacial score (nSPS) is 21.7. The Labute approximate surface area is 142 Å². The van der Waals surface area contributed by atoms with E-state index in [1.165, 1.54) is 11.5 Å². The van der Waals surface area contributed by atoms with E-state index in [9.17, 15) is 4.79 Å². The van der Waals surface area contributed by atoms with E-state index < -0.39 is 5.60 Å². The molecular weight excluding hydrogens is 312 g/mol. The summed E-state index contributed by atoms with van der Waals surface area (Å²) in [5, 5.41) is 3.99. The van der Waals surface area contributed by atoms with E-state index in [1.54, 1.807) is 0 Å². The van der Waals surface area contributed by atoms with Crippen LogP contribution in [0.5, 0.6) is 0 Å². The molecule has 0 saturated carbocycles. The summed E-state index contributed by atoms with van der Waals surface area (Å²) in [7, 11) is 0. The third kappa shape index (κ3) is 5.64. The van der Waals surface area contributed by atoms with Crippen molar-refractivity contribution in [3.05, 3.63) is 5.82 Å². The Balaban J connectivity index is 2.01. The third-order valence-electron chi connectivity index (χ3n) is 3.67. The number of rotatable bonds is 2. The second-order valence-corrected chi connectivity index (χ2v) is 8.78. The molecule has 2 rings (SSSR count). The molecule has 0 spiro atoms. The van der Waals surface area contributed by atoms with Crippen LogP contribution in [0.1, 0.15) is 53.3 Å². The van der Waals surface area contributed by atoms with Crippen molar-refractivity contribution in [3.63, 3.8) is 0 Å². The molecule has 6 nitrogen and oxygen atoms in total. The predicted octanol–water partition coefficient (Wildman–Crippen LogP) is 3.37. The summed E-state index contributed by atoms with van der Waals surface area (Å²) in [5.41, 5.74) is -0.393. The van der Waals surface area contributed by atoms with Gasteiger partial charge in [0.1, 0.15) is 11.4 Å². The summed E-state index contributed by atoms with van der Waals surface area (Å²) in [6.45, 7) is 13.8. The van der Waals surface area contributed by atoms with Crippen molar-refractivity contribution in [2.24, 2.45) is 5.41 Å². The summed E-state index contributed by atoms with van der Waals surface area (Å²) in [4.78, 5) is 18.8. The molecule has 1 aromatic rings. The fourth-order valence-electron chi connectivity index (χ4n) is 2.92. The SMILES string of the molecule is Cc1nsc(N2CCC(NC(=O)OC(C)(C)C)CC(C)(C)C2)n1. The van der Waals surface area contributed by atoms with Gasteiger partial charge >= 0.3 is 6.09 Å². The molecule has 0 bridgehead atoms. The monoisotopic (exact) mass is 340 g/mol. The summed E-state index contributed by atoms with van der Waals surface area (Å²) in [6.07, 6.45) is 1.46. The lowest BCUT2D eigenvalue weighted by molar-refractivity contribution is 0.0493. The summed E-state index contributed by atoms with van der Waals surface area (Å²) in [6, 6.07) is 0.110. The average Bonchev–Trinajstić information content (AvgIpc) is 2.71. The van der Waals surface area contributed by atoms with E-state index in [0.717, 1.165) is 36.9 Å². The molecule has 0 aromatic carbocycles. The Morgan fingerprint density at radius 3 is 2.70 bits per heavy atom. The second-order valence-electron chi connectivity index (χ2n) is 8.05. The number of aryl methyl sites for hydroxylation is 1. The number of aromatic nitrogens is 2. The maximum Gasteiger partial charge on any atom is 0.407 e. The summed E-state index contributed by atoms with van der Waals surface area (Å²) < 4.78 is 9.66. The Hall–Kier alpha value is -1.37. The van der Waals surface area contributed by atoms with Gasteiger partial charge in [-0.25, -0.2) is 9.78 Å². The van der Waals surface area contributed by atoms with Gasteiger partial charge in [0, 0.05) is 30.7 Å². The van der Waals surface area contributed by atoms with Crippen molar-refractivity contribution in [2.45, 2.75) is 66.0 Å². The molecule has 2 heterocycles. The number of carbonyl (C=O) groups excluding carboxylic acids is 1. The molecule has 0 aliphatic carbocycles. The molecular formula is C16H28N4O2S. The van der Waals surface area contributed by atoms with Gasteiger partial charge in [-0.05, 0) is 46.0 Å². The summed E-state index contributed by atoms with van der Waals surface area (Å²) >= 11 is 1.44. The number of carbonyl (C=O) groups is 1. The molecule has 1 aliphatic rings. The number of anilines is 1. The minimum absolute atomic E-state index is 0.0791. The molecule has 0 radical (unpaired) electrons. The highest BCUT2D eigenvalue weighted by atomic mass is 32.1. The molecule has 130 valence electrons. The first-order valence-corrected chi connectivity index (χ1v) is 8.86. The van der Waals surface area contributed by atoms with Gasteiger partial charge in [0.15, 0.2) is 0 Å². The predicted molar refractivity (Wildman–Crippen MR) is 93.0 cm³/mol. The molecule has 1 atom stereocenters. The molecule has 1 amide bonds. The Bertz CT molecular complexity index is 551. The van der Waals surface area contributed by atoms with Crippen LogP contribution in [0.2, 0.25) is 0 Å². The van der Waals surface area contributed by atoms with Crippen molar-refractivity contribution in [3.8, 4) is 0 Å². The van der Waals surface area contributed by atoms with Gasteiger partial charge in [-0.3, -0.25) is 0 Å². The smallest absolute Gasteiger partial charge is 0.407 e. The zero-order valence-electron chi connectivity index (χ0n) is 15.0. The lowest BCUT2D eigenvalue weighted by atomic mass is 9.86. The first kappa shape index (κ1) is 18.0. The van der Waals surface area contributed by atoms with Crippen LogP contribution in [0.4, 0.5) is 9.93 Å². The van der Waals surface area contributed by atoms with E-state index in [4.69, 9.17) is 4.74 Å². The van der Waals surface area contributed by atoms with Crippen LogP contribution >= 0.6 is 11.5 Å². The van der Waals surface area contributed by atoms with Crippen LogP contribution < -0.4 is 10.2 Å². The largest absolute Gasteiger partial charge is 0.444 e. The molecule has 1 N–H and O–H groups in total. The van der Waals surface area contributed by atoms with Crippen LogP contribution in [-0.4, -0.2) is 40.2 Å². The van der Waals surface area contributed by atoms with Gasteiger partial charge in [-0.2, -0.15) is 4.37 Å². The van der Waals surface area contributed by atoms with Crippen LogP contribution in [0.3, 0.4) is 0 Å². The summed E-state index contributed by atoms with van der Waals surface area (Å²) in [5.74, 6) is 0.815. The van der Waals surface area contributed by atoms with Crippen molar-refractivity contribution in [1.29, 1.82) is 0 Å². The zero-order valence-corrected chi connectivity index (χ0v) is 15.8. The molecule has 1 saturated heterocycles. The van der Waals surface area contributed by atoms with Gasteiger partial charge in [0.05, 0.1) is 0 Å². The molecule has 23 heavy (non-hydrogen) atoms. The van der Waals surface area contributed by atoms with Crippen molar-refractivity contribution < 1.29 is 9.53 Å². The Morgan fingerprint density at radius 1 is 1.43 bits per heavy atom. The number of nitrogens with zero attached hydrogens (tertiary/aromatic N) is 3. The highest BCUT2D eigenvalue weighted by Gasteiger charge is 2.32. The maximum atomic E-state index is 12.0. The van der Waals surface area contributed by atoms with Gasteiger partial charge in [-0.15, -0.1) is 0 Å². The minimum atomic E-state index is -0.472. The number of ether oxygens (including phenoxy) is 1. The minimum Gasteiger partial charge on any atom is -0.444 e. The van der Waals surface area contributed by atoms with Gasteiger partial charge < -0.3 is 15.0 Å². The fraction of sp³-hybridized carbons (Fsp3) is 0.812. The van der Waals surface area contributed by atoms with Crippen molar-refractivity contribution >= 4 is 22.8 Å². The number of nitrogens with one attached hydrogen (secondary N) is 1. The molecule has 1 aromatic heterocycles. The highest BCUT2D eigenvalue weighted by molar-refractivity contribution is 7.09. The Kier molecular flexibility index (Phi) is 5.18. The van der Waals surface area contributed by atoms with Crippen molar-refractivity contribution in [2.75, 3.05) is 18.0 Å². The zero-order chi connectivity index (χ0) is 17.3. The average molecular weight is 340 g/mol. The lowest BCUT2D eigenvalue weighted by Crippen LogP contribution is -2.41. The lowest BCUT2D eigenvalue weighted by Gasteiger charge is -2.30. The maximum absolute atomic E-state index is 12.0. The van der Waals surface area contributed by atoms with E-state index >= 15 is 0 Å². The number of hydrogen-bond donors (Lipinski definition) is 1. The van der Waals surface area contributed by atoms with Gasteiger partial charge in [-0.1, -0.05) is 13.8 Å². The van der Waals surface area contributed by atoms with Crippen molar-refractivity contribution in [1.82, 2.24) is 14.7 Å². The number of amides is 1. The second kappa shape index (κ2) is 6.63. The van der Waals surface area contributed by atoms with Crippen LogP contribution in [0.25, 0.3) is 0 Å². The standard InChI is InChI=1S/C16H28N4O2S/c1-11-17-13(23-19-11)20-8-7-12(9-16(5,6)10-20)18-14(21)22-15(2,3)4/h12H,7-10H2,1-6H3,(H,18,21). The first-order valence-electron chi connectivity index (χ1n) is 8.09. The molecule has 7 heteroatoms. The van der Waals surface area contributed by atoms with E-state index in [-0.39, 0.29) is 17.6 Å². The molecule has 1 unspecified atom stereocenters. The van der Waals surface area contributed by atoms with Gasteiger partial charge in [0.2, 0.25) is 5.13 Å². The Morgan fingerprint density at radius 2 is 2.13 bits per heavy atom. The highest BCUT2D eigenvalue weighted by Crippen LogP contribution is 2.31. The topological polar surface area (TPSA) is 67.4 Å². The van der Waals surface area contributed by atoms with E-state index in [1.807, 2.05) is 27.7 Å². The number of alkyl carbamates (subject to hydrolysis) is 1. The van der Waals surface area contributed by atoms with E-state index in [0.29, 0.717) is 0 Å². The fourth-order valence-corrected chi connectivity index (χ4v) is 3.62. The third-order valence-corrected chi connectivity index (χ3v) is 4.54. The van der Waals surface area contributed by atoms with E-state index in [2.05, 4.69) is 33.4 Å². The number of hydrogen-bond acceptors (Lipinski definition) is 6. The molecule has 1 fully saturated rings. The van der Waals surface area contributed by atoms with Gasteiger partial charge in [0.25, 0.3) is 0 Å². The van der Waals surface area contributed by atoms with Crippen LogP contribution in [0.15, 0.2) is 0 Å². The molecule has 1 aliphatic heterocycles. The van der Waals surface area contributed by atoms with Crippen LogP contribution in [0, 0.1) is 12.3 Å². The quantitative estimate of drug-likeness (QED) is 0.894.